The van der Waals surface area contributed by atoms with Gasteiger partial charge in [0.15, 0.2) is 12.6 Å². The molecule has 0 amide bonds. The Balaban J connectivity index is 2.49. The van der Waals surface area contributed by atoms with Crippen LogP contribution in [0.3, 0.4) is 0 Å². The molecule has 1 aromatic rings. The zero-order valence-electron chi connectivity index (χ0n) is 10.1. The lowest BCUT2D eigenvalue weighted by Crippen LogP contribution is -1.99. The van der Waals surface area contributed by atoms with Crippen molar-refractivity contribution >= 4 is 12.6 Å². The maximum absolute atomic E-state index is 10.7. The Morgan fingerprint density at radius 1 is 1.06 bits per heavy atom. The van der Waals surface area contributed by atoms with Gasteiger partial charge < -0.3 is 4.74 Å². The van der Waals surface area contributed by atoms with Crippen LogP contribution in [0.5, 0.6) is 5.75 Å². The third kappa shape index (κ3) is 4.39. The number of ether oxygens (including phenoxy) is 1. The van der Waals surface area contributed by atoms with E-state index in [0.29, 0.717) is 36.1 Å². The number of rotatable bonds is 8. The van der Waals surface area contributed by atoms with Crippen molar-refractivity contribution in [1.29, 1.82) is 0 Å². The number of carbonyl (C=O) groups excluding carboxylic acids is 2. The van der Waals surface area contributed by atoms with E-state index in [9.17, 15) is 9.59 Å². The molecule has 0 saturated carbocycles. The van der Waals surface area contributed by atoms with Crippen LogP contribution in [0.15, 0.2) is 18.2 Å². The fourth-order valence-corrected chi connectivity index (χ4v) is 1.57. The summed E-state index contributed by atoms with van der Waals surface area (Å²) in [4.78, 5) is 21.4. The zero-order valence-corrected chi connectivity index (χ0v) is 10.1. The van der Waals surface area contributed by atoms with Crippen LogP contribution < -0.4 is 4.74 Å². The third-order valence-corrected chi connectivity index (χ3v) is 2.58. The van der Waals surface area contributed by atoms with E-state index in [4.69, 9.17) is 4.74 Å². The average Bonchev–Trinajstić information content (AvgIpc) is 2.38. The van der Waals surface area contributed by atoms with Gasteiger partial charge in [-0.2, -0.15) is 0 Å². The van der Waals surface area contributed by atoms with Crippen LogP contribution in [0.2, 0.25) is 0 Å². The van der Waals surface area contributed by atoms with E-state index in [2.05, 4.69) is 6.92 Å². The van der Waals surface area contributed by atoms with Gasteiger partial charge in [0.05, 0.1) is 6.61 Å². The van der Waals surface area contributed by atoms with E-state index in [1.165, 1.54) is 12.8 Å². The van der Waals surface area contributed by atoms with Crippen LogP contribution in [0.25, 0.3) is 0 Å². The monoisotopic (exact) mass is 234 g/mol. The molecule has 0 saturated heterocycles. The van der Waals surface area contributed by atoms with Crippen molar-refractivity contribution < 1.29 is 14.3 Å². The van der Waals surface area contributed by atoms with Crippen molar-refractivity contribution in [1.82, 2.24) is 0 Å². The first-order valence-electron chi connectivity index (χ1n) is 5.99. The van der Waals surface area contributed by atoms with Gasteiger partial charge in [-0.05, 0) is 24.6 Å². The minimum absolute atomic E-state index is 0.381. The van der Waals surface area contributed by atoms with Gasteiger partial charge in [0.2, 0.25) is 0 Å². The molecule has 92 valence electrons. The topological polar surface area (TPSA) is 43.4 Å². The molecule has 0 bridgehead atoms. The number of benzene rings is 1. The highest BCUT2D eigenvalue weighted by molar-refractivity contribution is 5.90. The van der Waals surface area contributed by atoms with Crippen molar-refractivity contribution in [3.05, 3.63) is 29.3 Å². The Morgan fingerprint density at radius 2 is 1.82 bits per heavy atom. The molecule has 0 fully saturated rings. The summed E-state index contributed by atoms with van der Waals surface area (Å²) in [5, 5.41) is 0. The van der Waals surface area contributed by atoms with Gasteiger partial charge in [-0.25, -0.2) is 0 Å². The number of hydrogen-bond acceptors (Lipinski definition) is 3. The van der Waals surface area contributed by atoms with E-state index in [1.54, 1.807) is 18.2 Å². The van der Waals surface area contributed by atoms with E-state index in [-0.39, 0.29) is 0 Å². The molecule has 0 unspecified atom stereocenters. The normalized spacial score (nSPS) is 9.94. The summed E-state index contributed by atoms with van der Waals surface area (Å²) in [7, 11) is 0. The van der Waals surface area contributed by atoms with E-state index < -0.39 is 0 Å². The minimum Gasteiger partial charge on any atom is -0.494 e. The number of hydrogen-bond donors (Lipinski definition) is 0. The van der Waals surface area contributed by atoms with Crippen LogP contribution in [0.1, 0.15) is 53.3 Å². The van der Waals surface area contributed by atoms with Gasteiger partial charge in [-0.3, -0.25) is 9.59 Å². The van der Waals surface area contributed by atoms with Gasteiger partial charge in [0.1, 0.15) is 5.75 Å². The van der Waals surface area contributed by atoms with Gasteiger partial charge in [-0.1, -0.05) is 26.2 Å². The molecule has 0 aromatic heterocycles. The Hall–Kier alpha value is -1.64. The summed E-state index contributed by atoms with van der Waals surface area (Å²) in [6.07, 6.45) is 5.93. The van der Waals surface area contributed by atoms with Crippen molar-refractivity contribution in [3.63, 3.8) is 0 Å². The predicted molar refractivity (Wildman–Crippen MR) is 66.9 cm³/mol. The Morgan fingerprint density at radius 3 is 2.47 bits per heavy atom. The standard InChI is InChI=1S/C14H18O3/c1-2-3-4-5-8-17-14-7-6-12(10-15)13(9-14)11-16/h6-7,9-11H,2-5,8H2,1H3. The summed E-state index contributed by atoms with van der Waals surface area (Å²) in [5.41, 5.74) is 0.782. The molecule has 0 atom stereocenters. The molecular formula is C14H18O3. The van der Waals surface area contributed by atoms with Gasteiger partial charge in [0.25, 0.3) is 0 Å². The van der Waals surface area contributed by atoms with Crippen LogP contribution in [-0.4, -0.2) is 19.2 Å². The molecule has 3 heteroatoms. The van der Waals surface area contributed by atoms with E-state index >= 15 is 0 Å². The molecule has 0 spiro atoms. The molecule has 1 rings (SSSR count). The molecule has 0 N–H and O–H groups in total. The lowest BCUT2D eigenvalue weighted by atomic mass is 10.1. The third-order valence-electron chi connectivity index (χ3n) is 2.58. The minimum atomic E-state index is 0.381. The van der Waals surface area contributed by atoms with Crippen LogP contribution in [0, 0.1) is 0 Å². The Bertz CT molecular complexity index is 372. The lowest BCUT2D eigenvalue weighted by molar-refractivity contribution is 0.109. The quantitative estimate of drug-likeness (QED) is 0.512. The highest BCUT2D eigenvalue weighted by Gasteiger charge is 2.02. The first-order valence-corrected chi connectivity index (χ1v) is 5.99. The largest absolute Gasteiger partial charge is 0.494 e. The molecule has 17 heavy (non-hydrogen) atoms. The van der Waals surface area contributed by atoms with Crippen molar-refractivity contribution in [2.45, 2.75) is 32.6 Å². The predicted octanol–water partition coefficient (Wildman–Crippen LogP) is 3.27. The number of aldehydes is 2. The second kappa shape index (κ2) is 7.60. The summed E-state index contributed by atoms with van der Waals surface area (Å²) in [6.45, 7) is 2.81. The molecule has 0 aliphatic carbocycles. The van der Waals surface area contributed by atoms with Gasteiger partial charge in [-0.15, -0.1) is 0 Å². The number of unbranched alkanes of at least 4 members (excludes halogenated alkanes) is 3. The first-order chi connectivity index (χ1) is 8.31. The molecule has 0 heterocycles. The zero-order chi connectivity index (χ0) is 12.5. The second-order valence-electron chi connectivity index (χ2n) is 3.94. The molecule has 0 aliphatic rings. The fourth-order valence-electron chi connectivity index (χ4n) is 1.57. The smallest absolute Gasteiger partial charge is 0.150 e. The van der Waals surface area contributed by atoms with Crippen LogP contribution >= 0.6 is 0 Å². The fraction of sp³-hybridized carbons (Fsp3) is 0.429. The van der Waals surface area contributed by atoms with Crippen molar-refractivity contribution in [3.8, 4) is 5.75 Å². The summed E-state index contributed by atoms with van der Waals surface area (Å²) < 4.78 is 5.52. The van der Waals surface area contributed by atoms with Gasteiger partial charge >= 0.3 is 0 Å². The molecule has 0 radical (unpaired) electrons. The van der Waals surface area contributed by atoms with E-state index in [0.717, 1.165) is 12.8 Å². The molecule has 1 aromatic carbocycles. The van der Waals surface area contributed by atoms with E-state index in [1.807, 2.05) is 0 Å². The first kappa shape index (κ1) is 13.4. The molecule has 0 aliphatic heterocycles. The van der Waals surface area contributed by atoms with Crippen LogP contribution in [-0.2, 0) is 0 Å². The second-order valence-corrected chi connectivity index (χ2v) is 3.94. The van der Waals surface area contributed by atoms with Crippen molar-refractivity contribution in [2.24, 2.45) is 0 Å². The maximum atomic E-state index is 10.7. The van der Waals surface area contributed by atoms with Crippen LogP contribution in [0.4, 0.5) is 0 Å². The molecular weight excluding hydrogens is 216 g/mol. The molecule has 3 nitrogen and oxygen atoms in total. The SMILES string of the molecule is CCCCCCOc1ccc(C=O)c(C=O)c1. The highest BCUT2D eigenvalue weighted by Crippen LogP contribution is 2.16. The summed E-state index contributed by atoms with van der Waals surface area (Å²) >= 11 is 0. The average molecular weight is 234 g/mol. The number of carbonyl (C=O) groups is 2. The Labute approximate surface area is 102 Å². The lowest BCUT2D eigenvalue weighted by Gasteiger charge is -2.07. The van der Waals surface area contributed by atoms with Crippen molar-refractivity contribution in [2.75, 3.05) is 6.61 Å². The van der Waals surface area contributed by atoms with Gasteiger partial charge in [0, 0.05) is 11.1 Å². The maximum Gasteiger partial charge on any atom is 0.150 e. The highest BCUT2D eigenvalue weighted by atomic mass is 16.5. The Kier molecular flexibility index (Phi) is 6.00. The summed E-state index contributed by atoms with van der Waals surface area (Å²) in [5.74, 6) is 0.647. The summed E-state index contributed by atoms with van der Waals surface area (Å²) in [6, 6.07) is 4.94.